The van der Waals surface area contributed by atoms with Gasteiger partial charge in [-0.1, -0.05) is 5.10 Å². The van der Waals surface area contributed by atoms with Crippen LogP contribution in [0.2, 0.25) is 0 Å². The first kappa shape index (κ1) is 13.6. The van der Waals surface area contributed by atoms with Gasteiger partial charge in [0.25, 0.3) is 11.9 Å². The number of nitrogens with two attached hydrogens (primary N) is 1. The van der Waals surface area contributed by atoms with Crippen LogP contribution in [0.1, 0.15) is 0 Å². The predicted octanol–water partition coefficient (Wildman–Crippen LogP) is -0.550. The van der Waals surface area contributed by atoms with Crippen LogP contribution in [-0.4, -0.2) is 38.7 Å². The van der Waals surface area contributed by atoms with Crippen molar-refractivity contribution in [2.24, 2.45) is 5.73 Å². The van der Waals surface area contributed by atoms with Crippen molar-refractivity contribution in [2.45, 2.75) is 12.2 Å². The Morgan fingerprint density at radius 3 is 2.53 bits per heavy atom. The second-order valence-electron chi connectivity index (χ2n) is 2.24. The Labute approximate surface area is 87.0 Å². The molecule has 1 unspecified atom stereocenters. The Hall–Kier alpha value is -1.42. The number of aromatic nitrogens is 4. The largest absolute Gasteiger partial charge is 0.412 e. The Morgan fingerprint density at radius 2 is 2.13 bits per heavy atom. The molecule has 15 heavy (non-hydrogen) atoms. The maximum atomic E-state index is 11.9. The Balaban J connectivity index is 0.00000196. The predicted molar refractivity (Wildman–Crippen MR) is 44.1 cm³/mol. The summed E-state index contributed by atoms with van der Waals surface area (Å²) in [6, 6.07) is -2.61. The number of carbonyl (C=O) groups excluding carboxylic acids is 1. The van der Waals surface area contributed by atoms with Crippen molar-refractivity contribution in [3.63, 3.8) is 0 Å². The number of hydrogen-bond acceptors (Lipinski definition) is 5. The molecule has 7 nitrogen and oxygen atoms in total. The Kier molecular flexibility index (Phi) is 4.42. The molecule has 0 radical (unpaired) electrons. The number of H-pyrrole nitrogens is 1. The van der Waals surface area contributed by atoms with E-state index in [2.05, 4.69) is 21.1 Å². The van der Waals surface area contributed by atoms with Gasteiger partial charge in [-0.25, -0.2) is 0 Å². The van der Waals surface area contributed by atoms with Gasteiger partial charge in [0.1, 0.15) is 0 Å². The third kappa shape index (κ3) is 3.67. The van der Waals surface area contributed by atoms with Crippen molar-refractivity contribution >= 4 is 24.3 Å². The SMILES string of the molecule is Cl.NC(C(=O)Nc1nn[nH]n1)C(F)(F)F. The summed E-state index contributed by atoms with van der Waals surface area (Å²) in [5, 5.41) is 13.1. The van der Waals surface area contributed by atoms with Crippen molar-refractivity contribution in [3.8, 4) is 0 Å². The quantitative estimate of drug-likeness (QED) is 0.649. The second-order valence-corrected chi connectivity index (χ2v) is 2.24. The van der Waals surface area contributed by atoms with Gasteiger partial charge in [0.05, 0.1) is 0 Å². The van der Waals surface area contributed by atoms with Gasteiger partial charge in [-0.2, -0.15) is 18.4 Å². The number of carbonyl (C=O) groups is 1. The van der Waals surface area contributed by atoms with Crippen LogP contribution in [-0.2, 0) is 4.79 Å². The molecule has 1 aromatic heterocycles. The van der Waals surface area contributed by atoms with Crippen LogP contribution < -0.4 is 11.1 Å². The number of amides is 1. The average Bonchev–Trinajstić information content (AvgIpc) is 2.53. The van der Waals surface area contributed by atoms with Crippen molar-refractivity contribution in [1.82, 2.24) is 20.6 Å². The molecule has 86 valence electrons. The van der Waals surface area contributed by atoms with E-state index in [1.54, 1.807) is 5.32 Å². The van der Waals surface area contributed by atoms with Gasteiger partial charge >= 0.3 is 6.18 Å². The number of nitrogens with one attached hydrogen (secondary N) is 2. The summed E-state index contributed by atoms with van der Waals surface area (Å²) in [4.78, 5) is 10.8. The van der Waals surface area contributed by atoms with Crippen molar-refractivity contribution < 1.29 is 18.0 Å². The monoisotopic (exact) mass is 246 g/mol. The molecule has 1 amide bonds. The smallest absolute Gasteiger partial charge is 0.312 e. The number of rotatable bonds is 2. The lowest BCUT2D eigenvalue weighted by molar-refractivity contribution is -0.159. The van der Waals surface area contributed by atoms with Gasteiger partial charge in [0.2, 0.25) is 0 Å². The molecule has 0 aliphatic rings. The molecular weight excluding hydrogens is 241 g/mol. The van der Waals surface area contributed by atoms with E-state index in [1.807, 2.05) is 5.21 Å². The molecule has 1 heterocycles. The maximum Gasteiger partial charge on any atom is 0.412 e. The first-order valence-corrected chi connectivity index (χ1v) is 3.28. The fraction of sp³-hybridized carbons (Fsp3) is 0.500. The van der Waals surface area contributed by atoms with E-state index < -0.39 is 18.1 Å². The average molecular weight is 247 g/mol. The molecular formula is C4H6ClF3N6O. The molecule has 1 rings (SSSR count). The fourth-order valence-electron chi connectivity index (χ4n) is 0.551. The molecule has 0 aliphatic carbocycles. The number of halogens is 4. The van der Waals surface area contributed by atoms with Crippen LogP contribution >= 0.6 is 12.4 Å². The first-order valence-electron chi connectivity index (χ1n) is 3.28. The zero-order chi connectivity index (χ0) is 10.8. The normalized spacial score (nSPS) is 12.8. The number of alkyl halides is 3. The van der Waals surface area contributed by atoms with E-state index in [4.69, 9.17) is 0 Å². The highest BCUT2D eigenvalue weighted by Gasteiger charge is 2.42. The van der Waals surface area contributed by atoms with Gasteiger partial charge in [0, 0.05) is 0 Å². The Morgan fingerprint density at radius 1 is 1.53 bits per heavy atom. The minimum Gasteiger partial charge on any atom is -0.312 e. The molecule has 1 atom stereocenters. The summed E-state index contributed by atoms with van der Waals surface area (Å²) < 4.78 is 35.6. The number of hydrogen-bond donors (Lipinski definition) is 3. The minimum atomic E-state index is -4.80. The highest BCUT2D eigenvalue weighted by Crippen LogP contribution is 2.18. The molecule has 0 fully saturated rings. The highest BCUT2D eigenvalue weighted by molar-refractivity contribution is 5.93. The van der Waals surface area contributed by atoms with Gasteiger partial charge in [-0.15, -0.1) is 17.5 Å². The van der Waals surface area contributed by atoms with Crippen molar-refractivity contribution in [3.05, 3.63) is 0 Å². The van der Waals surface area contributed by atoms with E-state index in [0.717, 1.165) is 0 Å². The minimum absolute atomic E-state index is 0. The zero-order valence-corrected chi connectivity index (χ0v) is 7.76. The van der Waals surface area contributed by atoms with Crippen LogP contribution in [0.3, 0.4) is 0 Å². The van der Waals surface area contributed by atoms with Crippen LogP contribution in [0.5, 0.6) is 0 Å². The Bertz CT molecular complexity index is 313. The lowest BCUT2D eigenvalue weighted by Gasteiger charge is -2.13. The van der Waals surface area contributed by atoms with E-state index in [1.165, 1.54) is 0 Å². The number of nitrogens with zero attached hydrogens (tertiary/aromatic N) is 3. The van der Waals surface area contributed by atoms with Crippen LogP contribution in [0.25, 0.3) is 0 Å². The molecule has 0 saturated carbocycles. The lowest BCUT2D eigenvalue weighted by Crippen LogP contribution is -2.47. The van der Waals surface area contributed by atoms with Crippen molar-refractivity contribution in [1.29, 1.82) is 0 Å². The van der Waals surface area contributed by atoms with Gasteiger partial charge in [-0.3, -0.25) is 10.1 Å². The van der Waals surface area contributed by atoms with E-state index >= 15 is 0 Å². The molecule has 0 aromatic carbocycles. The molecule has 4 N–H and O–H groups in total. The summed E-state index contributed by atoms with van der Waals surface area (Å²) in [7, 11) is 0. The molecule has 0 bridgehead atoms. The van der Waals surface area contributed by atoms with E-state index in [0.29, 0.717) is 0 Å². The summed E-state index contributed by atoms with van der Waals surface area (Å²) in [6.07, 6.45) is -4.80. The van der Waals surface area contributed by atoms with Crippen molar-refractivity contribution in [2.75, 3.05) is 5.32 Å². The topological polar surface area (TPSA) is 110 Å². The second kappa shape index (κ2) is 4.89. The molecule has 0 saturated heterocycles. The molecule has 11 heteroatoms. The zero-order valence-electron chi connectivity index (χ0n) is 6.95. The molecule has 0 aliphatic heterocycles. The third-order valence-electron chi connectivity index (χ3n) is 1.22. The molecule has 0 spiro atoms. The molecule has 1 aromatic rings. The maximum absolute atomic E-state index is 11.9. The summed E-state index contributed by atoms with van der Waals surface area (Å²) in [6.45, 7) is 0. The first-order chi connectivity index (χ1) is 6.41. The van der Waals surface area contributed by atoms with Gasteiger partial charge in [0.15, 0.2) is 6.04 Å². The lowest BCUT2D eigenvalue weighted by atomic mass is 10.3. The number of anilines is 1. The van der Waals surface area contributed by atoms with Crippen LogP contribution in [0.4, 0.5) is 19.1 Å². The van der Waals surface area contributed by atoms with Crippen LogP contribution in [0.15, 0.2) is 0 Å². The highest BCUT2D eigenvalue weighted by atomic mass is 35.5. The summed E-state index contributed by atoms with van der Waals surface area (Å²) >= 11 is 0. The van der Waals surface area contributed by atoms with Gasteiger partial charge in [-0.05, 0) is 5.21 Å². The summed E-state index contributed by atoms with van der Waals surface area (Å²) in [5.41, 5.74) is 4.59. The number of tetrazole rings is 1. The fourth-order valence-corrected chi connectivity index (χ4v) is 0.551. The third-order valence-corrected chi connectivity index (χ3v) is 1.22. The van der Waals surface area contributed by atoms with Crippen LogP contribution in [0, 0.1) is 0 Å². The standard InChI is InChI=1S/C4H5F3N6O.ClH/c5-4(6,7)1(8)2(14)9-3-10-12-13-11-3;/h1H,8H2,(H2,9,10,11,12,13,14);1H. The van der Waals surface area contributed by atoms with E-state index in [9.17, 15) is 18.0 Å². The van der Waals surface area contributed by atoms with Gasteiger partial charge < -0.3 is 5.73 Å². The summed E-state index contributed by atoms with van der Waals surface area (Å²) in [5.74, 6) is -1.81. The van der Waals surface area contributed by atoms with E-state index in [-0.39, 0.29) is 18.4 Å². The number of aromatic amines is 1.